The first-order valence-corrected chi connectivity index (χ1v) is 15.0. The molecule has 0 atom stereocenters. The normalized spacial score (nSPS) is 11.6. The van der Waals surface area contributed by atoms with Crippen LogP contribution in [0.5, 0.6) is 0 Å². The number of rotatable bonds is 5. The zero-order valence-corrected chi connectivity index (χ0v) is 24.2. The summed E-state index contributed by atoms with van der Waals surface area (Å²) in [6.45, 7) is 0. The molecule has 4 heteroatoms. The number of para-hydroxylation sites is 3. The first-order chi connectivity index (χ1) is 22.3. The van der Waals surface area contributed by atoms with Gasteiger partial charge in [0, 0.05) is 33.9 Å². The van der Waals surface area contributed by atoms with E-state index in [0.29, 0.717) is 5.89 Å². The van der Waals surface area contributed by atoms with E-state index in [9.17, 15) is 0 Å². The van der Waals surface area contributed by atoms with Crippen LogP contribution in [-0.4, -0.2) is 4.98 Å². The van der Waals surface area contributed by atoms with Gasteiger partial charge in [-0.1, -0.05) is 97.1 Å². The molecule has 212 valence electrons. The molecule has 0 unspecified atom stereocenters. The Morgan fingerprint density at radius 2 is 1.13 bits per heavy atom. The number of hydrogen-bond acceptors (Lipinski definition) is 4. The van der Waals surface area contributed by atoms with E-state index in [-0.39, 0.29) is 0 Å². The lowest BCUT2D eigenvalue weighted by molar-refractivity contribution is 0.615. The number of hydrogen-bond donors (Lipinski definition) is 0. The van der Waals surface area contributed by atoms with Crippen molar-refractivity contribution in [2.45, 2.75) is 0 Å². The van der Waals surface area contributed by atoms with Crippen LogP contribution in [0, 0.1) is 0 Å². The van der Waals surface area contributed by atoms with Gasteiger partial charge in [0.15, 0.2) is 5.58 Å². The van der Waals surface area contributed by atoms with Crippen LogP contribution in [0.1, 0.15) is 0 Å². The summed E-state index contributed by atoms with van der Waals surface area (Å²) in [6, 6.07) is 54.5. The highest BCUT2D eigenvalue weighted by Gasteiger charge is 2.21. The molecule has 4 nitrogen and oxygen atoms in total. The molecule has 0 bridgehead atoms. The van der Waals surface area contributed by atoms with E-state index >= 15 is 0 Å². The minimum atomic E-state index is 0.552. The Morgan fingerprint density at radius 1 is 0.467 bits per heavy atom. The third-order valence-electron chi connectivity index (χ3n) is 8.48. The highest BCUT2D eigenvalue weighted by atomic mass is 16.4. The van der Waals surface area contributed by atoms with Gasteiger partial charge in [-0.05, 0) is 76.5 Å². The number of benzene rings is 7. The average molecular weight is 579 g/mol. The van der Waals surface area contributed by atoms with Crippen LogP contribution < -0.4 is 4.90 Å². The van der Waals surface area contributed by atoms with Gasteiger partial charge in [0.1, 0.15) is 16.7 Å². The van der Waals surface area contributed by atoms with Gasteiger partial charge in [0.2, 0.25) is 5.89 Å². The lowest BCUT2D eigenvalue weighted by Gasteiger charge is -2.25. The second kappa shape index (κ2) is 10.2. The Morgan fingerprint density at radius 3 is 1.96 bits per heavy atom. The van der Waals surface area contributed by atoms with E-state index in [1.165, 1.54) is 11.1 Å². The van der Waals surface area contributed by atoms with Gasteiger partial charge < -0.3 is 13.7 Å². The molecule has 0 spiro atoms. The smallest absolute Gasteiger partial charge is 0.231 e. The average Bonchev–Trinajstić information content (AvgIpc) is 3.71. The maximum atomic E-state index is 6.75. The third-order valence-corrected chi connectivity index (χ3v) is 8.48. The molecule has 2 aromatic heterocycles. The van der Waals surface area contributed by atoms with Crippen LogP contribution >= 0.6 is 0 Å². The predicted molar refractivity (Wildman–Crippen MR) is 184 cm³/mol. The maximum absolute atomic E-state index is 6.75. The molecule has 2 heterocycles. The number of aromatic nitrogens is 1. The van der Waals surface area contributed by atoms with Gasteiger partial charge in [-0.25, -0.2) is 4.98 Å². The quantitative estimate of drug-likeness (QED) is 0.204. The molecule has 0 fully saturated rings. The summed E-state index contributed by atoms with van der Waals surface area (Å²) in [5.41, 5.74) is 9.51. The number of fused-ring (bicyclic) bond motifs is 6. The maximum Gasteiger partial charge on any atom is 0.231 e. The van der Waals surface area contributed by atoms with E-state index in [0.717, 1.165) is 66.4 Å². The molecule has 9 rings (SSSR count). The van der Waals surface area contributed by atoms with E-state index in [4.69, 9.17) is 13.8 Å². The first kappa shape index (κ1) is 25.4. The fourth-order valence-corrected chi connectivity index (χ4v) is 6.36. The summed E-state index contributed by atoms with van der Waals surface area (Å²) in [5, 5.41) is 4.36. The summed E-state index contributed by atoms with van der Waals surface area (Å²) < 4.78 is 13.0. The van der Waals surface area contributed by atoms with Crippen LogP contribution in [0.2, 0.25) is 0 Å². The monoisotopic (exact) mass is 578 g/mol. The van der Waals surface area contributed by atoms with Gasteiger partial charge in [-0.15, -0.1) is 0 Å². The van der Waals surface area contributed by atoms with Crippen LogP contribution in [-0.2, 0) is 0 Å². The van der Waals surface area contributed by atoms with Gasteiger partial charge >= 0.3 is 0 Å². The number of nitrogens with zero attached hydrogens (tertiary/aromatic N) is 2. The highest BCUT2D eigenvalue weighted by Crippen LogP contribution is 2.44. The van der Waals surface area contributed by atoms with Crippen LogP contribution in [0.25, 0.3) is 66.4 Å². The van der Waals surface area contributed by atoms with Gasteiger partial charge in [0.25, 0.3) is 0 Å². The van der Waals surface area contributed by atoms with Crippen LogP contribution in [0.15, 0.2) is 167 Å². The fourth-order valence-electron chi connectivity index (χ4n) is 6.36. The minimum absolute atomic E-state index is 0.552. The largest absolute Gasteiger partial charge is 0.455 e. The zero-order valence-electron chi connectivity index (χ0n) is 24.2. The van der Waals surface area contributed by atoms with E-state index in [2.05, 4.69) is 126 Å². The zero-order chi connectivity index (χ0) is 29.7. The van der Waals surface area contributed by atoms with Crippen molar-refractivity contribution in [3.63, 3.8) is 0 Å². The number of furan rings is 1. The molecule has 0 amide bonds. The Labute approximate surface area is 259 Å². The lowest BCUT2D eigenvalue weighted by atomic mass is 10.00. The standard InChI is InChI=1S/C41H26N2O2/c1-3-11-27(12-4-1)28-19-21-31(22-20-28)43(30-14-5-2-6-15-30)32-23-24-34-38(26-32)44-40-35(25-29-13-7-8-16-33(29)39(34)40)41-42-36-17-9-10-18-37(36)45-41/h1-26H. The summed E-state index contributed by atoms with van der Waals surface area (Å²) >= 11 is 0. The van der Waals surface area contributed by atoms with E-state index in [1.807, 2.05) is 36.4 Å². The Kier molecular flexibility index (Phi) is 5.78. The minimum Gasteiger partial charge on any atom is -0.455 e. The number of anilines is 3. The van der Waals surface area contributed by atoms with E-state index < -0.39 is 0 Å². The van der Waals surface area contributed by atoms with Crippen molar-refractivity contribution in [1.29, 1.82) is 0 Å². The van der Waals surface area contributed by atoms with E-state index in [1.54, 1.807) is 0 Å². The summed E-state index contributed by atoms with van der Waals surface area (Å²) in [5.74, 6) is 0.552. The molecular formula is C41H26N2O2. The molecular weight excluding hydrogens is 552 g/mol. The van der Waals surface area contributed by atoms with Crippen molar-refractivity contribution in [2.24, 2.45) is 0 Å². The predicted octanol–water partition coefficient (Wildman–Crippen LogP) is 11.7. The van der Waals surface area contributed by atoms with Gasteiger partial charge in [0.05, 0.1) is 5.56 Å². The third kappa shape index (κ3) is 4.27. The molecule has 0 aliphatic rings. The lowest BCUT2D eigenvalue weighted by Crippen LogP contribution is -2.09. The highest BCUT2D eigenvalue weighted by molar-refractivity contribution is 6.22. The molecule has 0 N–H and O–H groups in total. The molecule has 0 aliphatic heterocycles. The van der Waals surface area contributed by atoms with Crippen molar-refractivity contribution >= 4 is 60.9 Å². The molecule has 0 saturated heterocycles. The SMILES string of the molecule is c1ccc(-c2ccc(N(c3ccccc3)c3ccc4c(c3)oc3c(-c5nc6ccccc6o5)cc5ccccc5c34)cc2)cc1. The molecule has 7 aromatic carbocycles. The molecule has 45 heavy (non-hydrogen) atoms. The summed E-state index contributed by atoms with van der Waals surface area (Å²) in [4.78, 5) is 7.09. The topological polar surface area (TPSA) is 42.4 Å². The Bertz CT molecular complexity index is 2440. The van der Waals surface area contributed by atoms with Crippen LogP contribution in [0.4, 0.5) is 17.1 Å². The van der Waals surface area contributed by atoms with Crippen molar-refractivity contribution < 1.29 is 8.83 Å². The second-order valence-corrected chi connectivity index (χ2v) is 11.2. The van der Waals surface area contributed by atoms with Crippen molar-refractivity contribution in [1.82, 2.24) is 4.98 Å². The van der Waals surface area contributed by atoms with Gasteiger partial charge in [-0.2, -0.15) is 0 Å². The Hall–Kier alpha value is -6.13. The Balaban J connectivity index is 1.24. The van der Waals surface area contributed by atoms with Gasteiger partial charge in [-0.3, -0.25) is 0 Å². The summed E-state index contributed by atoms with van der Waals surface area (Å²) in [7, 11) is 0. The fraction of sp³-hybridized carbons (Fsp3) is 0. The number of oxazole rings is 1. The molecule has 0 radical (unpaired) electrons. The molecule has 0 aliphatic carbocycles. The first-order valence-electron chi connectivity index (χ1n) is 15.0. The van der Waals surface area contributed by atoms with Crippen LogP contribution in [0.3, 0.4) is 0 Å². The van der Waals surface area contributed by atoms with Crippen molar-refractivity contribution in [2.75, 3.05) is 4.90 Å². The van der Waals surface area contributed by atoms with Crippen molar-refractivity contribution in [3.05, 3.63) is 158 Å². The van der Waals surface area contributed by atoms with Crippen molar-refractivity contribution in [3.8, 4) is 22.6 Å². The summed E-state index contributed by atoms with van der Waals surface area (Å²) in [6.07, 6.45) is 0. The molecule has 9 aromatic rings. The molecule has 0 saturated carbocycles. The second-order valence-electron chi connectivity index (χ2n) is 11.2.